The lowest BCUT2D eigenvalue weighted by Crippen LogP contribution is -2.56. The Morgan fingerprint density at radius 3 is 2.53 bits per heavy atom. The number of piperazine rings is 1. The quantitative estimate of drug-likeness (QED) is 0.306. The van der Waals surface area contributed by atoms with Crippen LogP contribution < -0.4 is 20.7 Å². The molecule has 2 saturated heterocycles. The first-order valence-corrected chi connectivity index (χ1v) is 16.5. The van der Waals surface area contributed by atoms with Crippen molar-refractivity contribution in [1.29, 1.82) is 0 Å². The number of rotatable bonds is 7. The summed E-state index contributed by atoms with van der Waals surface area (Å²) in [4.78, 5) is 55.2. The summed E-state index contributed by atoms with van der Waals surface area (Å²) >= 11 is 0. The molecule has 1 N–H and O–H groups in total. The van der Waals surface area contributed by atoms with Crippen molar-refractivity contribution in [3.05, 3.63) is 81.8 Å². The smallest absolute Gasteiger partial charge is 0.274 e. The van der Waals surface area contributed by atoms with Gasteiger partial charge in [0.25, 0.3) is 11.5 Å². The molecule has 0 radical (unpaired) electrons. The molecular formula is C35H38N8O4. The molecule has 242 valence electrons. The van der Waals surface area contributed by atoms with Gasteiger partial charge >= 0.3 is 0 Å². The number of aromatic nitrogens is 4. The molecule has 8 rings (SSSR count). The van der Waals surface area contributed by atoms with Crippen LogP contribution in [-0.2, 0) is 31.2 Å². The van der Waals surface area contributed by atoms with E-state index in [0.29, 0.717) is 58.6 Å². The van der Waals surface area contributed by atoms with Crippen LogP contribution in [0.2, 0.25) is 0 Å². The second-order valence-corrected chi connectivity index (χ2v) is 12.8. The van der Waals surface area contributed by atoms with Crippen molar-refractivity contribution in [2.24, 2.45) is 7.05 Å². The summed E-state index contributed by atoms with van der Waals surface area (Å²) in [7, 11) is 1.68. The van der Waals surface area contributed by atoms with Gasteiger partial charge in [-0.2, -0.15) is 0 Å². The number of aldehydes is 1. The van der Waals surface area contributed by atoms with Crippen molar-refractivity contribution in [2.45, 2.75) is 38.3 Å². The molecule has 2 fully saturated rings. The highest BCUT2D eigenvalue weighted by Crippen LogP contribution is 2.34. The van der Waals surface area contributed by atoms with E-state index in [-0.39, 0.29) is 11.5 Å². The van der Waals surface area contributed by atoms with Crippen molar-refractivity contribution in [2.75, 3.05) is 61.1 Å². The minimum absolute atomic E-state index is 0.131. The fourth-order valence-corrected chi connectivity index (χ4v) is 7.39. The number of fused-ring (bicyclic) bond motifs is 3. The predicted octanol–water partition coefficient (Wildman–Crippen LogP) is 3.26. The molecule has 47 heavy (non-hydrogen) atoms. The van der Waals surface area contributed by atoms with E-state index in [4.69, 9.17) is 4.74 Å². The number of hydrogen-bond donors (Lipinski definition) is 1. The van der Waals surface area contributed by atoms with Crippen LogP contribution in [0.1, 0.15) is 44.9 Å². The van der Waals surface area contributed by atoms with Crippen molar-refractivity contribution in [3.8, 4) is 11.1 Å². The first-order chi connectivity index (χ1) is 23.0. The molecule has 0 aliphatic carbocycles. The molecule has 0 unspecified atom stereocenters. The van der Waals surface area contributed by atoms with E-state index in [1.165, 1.54) is 10.3 Å². The Bertz CT molecular complexity index is 1900. The maximum absolute atomic E-state index is 13.8. The number of amides is 1. The zero-order valence-corrected chi connectivity index (χ0v) is 26.5. The second-order valence-electron chi connectivity index (χ2n) is 12.8. The van der Waals surface area contributed by atoms with E-state index >= 15 is 0 Å². The van der Waals surface area contributed by atoms with Gasteiger partial charge in [0.1, 0.15) is 17.3 Å². The van der Waals surface area contributed by atoms with Gasteiger partial charge < -0.3 is 24.1 Å². The summed E-state index contributed by atoms with van der Waals surface area (Å²) in [5.74, 6) is 0.747. The van der Waals surface area contributed by atoms with Crippen molar-refractivity contribution in [3.63, 3.8) is 0 Å². The van der Waals surface area contributed by atoms with Crippen molar-refractivity contribution in [1.82, 2.24) is 24.0 Å². The van der Waals surface area contributed by atoms with Gasteiger partial charge in [-0.1, -0.05) is 0 Å². The SMILES string of the molecule is Cn1cc(-c2ccnc(N3CCc4c(cc5n4CCCC5)C3=O)c2C=O)cc(Nc2ccc(N3CCN(C4COC4)CC3)cn2)c1=O. The van der Waals surface area contributed by atoms with Crippen LogP contribution in [-0.4, -0.2) is 88.2 Å². The molecule has 1 amide bonds. The minimum Gasteiger partial charge on any atom is -0.378 e. The number of nitrogens with zero attached hydrogens (tertiary/aromatic N) is 7. The van der Waals surface area contributed by atoms with Gasteiger partial charge in [0.2, 0.25) is 0 Å². The lowest BCUT2D eigenvalue weighted by Gasteiger charge is -2.43. The van der Waals surface area contributed by atoms with Gasteiger partial charge in [0, 0.05) is 82.1 Å². The van der Waals surface area contributed by atoms with Gasteiger partial charge in [-0.05, 0) is 55.2 Å². The highest BCUT2D eigenvalue weighted by molar-refractivity contribution is 6.10. The minimum atomic E-state index is -0.228. The maximum Gasteiger partial charge on any atom is 0.274 e. The number of carbonyl (C=O) groups excluding carboxylic acids is 2. The molecule has 4 aliphatic rings. The van der Waals surface area contributed by atoms with E-state index in [9.17, 15) is 14.4 Å². The number of ether oxygens (including phenoxy) is 1. The lowest BCUT2D eigenvalue weighted by molar-refractivity contribution is -0.0660. The molecule has 8 heterocycles. The van der Waals surface area contributed by atoms with Gasteiger partial charge in [0.05, 0.1) is 42.3 Å². The number of anilines is 4. The summed E-state index contributed by atoms with van der Waals surface area (Å²) in [5, 5.41) is 3.19. The molecule has 12 heteroatoms. The number of pyridine rings is 3. The summed E-state index contributed by atoms with van der Waals surface area (Å²) < 4.78 is 9.13. The third kappa shape index (κ3) is 5.31. The summed E-state index contributed by atoms with van der Waals surface area (Å²) in [6.45, 7) is 6.90. The molecule has 0 spiro atoms. The van der Waals surface area contributed by atoms with Crippen LogP contribution in [0.3, 0.4) is 0 Å². The van der Waals surface area contributed by atoms with E-state index in [2.05, 4.69) is 29.7 Å². The Labute approximate surface area is 272 Å². The average molecular weight is 635 g/mol. The monoisotopic (exact) mass is 634 g/mol. The van der Waals surface area contributed by atoms with Crippen LogP contribution in [0, 0.1) is 0 Å². The number of nitrogens with one attached hydrogen (secondary N) is 1. The van der Waals surface area contributed by atoms with E-state index in [1.807, 2.05) is 24.4 Å². The van der Waals surface area contributed by atoms with E-state index in [1.54, 1.807) is 36.5 Å². The first kappa shape index (κ1) is 29.6. The van der Waals surface area contributed by atoms with Gasteiger partial charge in [-0.3, -0.25) is 24.2 Å². The van der Waals surface area contributed by atoms with Gasteiger partial charge in [-0.25, -0.2) is 9.97 Å². The van der Waals surface area contributed by atoms with Crippen LogP contribution in [0.25, 0.3) is 11.1 Å². The Hall–Kier alpha value is -4.81. The second kappa shape index (κ2) is 12.1. The van der Waals surface area contributed by atoms with Crippen LogP contribution in [0.5, 0.6) is 0 Å². The highest BCUT2D eigenvalue weighted by atomic mass is 16.5. The highest BCUT2D eigenvalue weighted by Gasteiger charge is 2.33. The molecule has 0 atom stereocenters. The van der Waals surface area contributed by atoms with Crippen molar-refractivity contribution >= 4 is 35.2 Å². The zero-order valence-electron chi connectivity index (χ0n) is 26.5. The lowest BCUT2D eigenvalue weighted by atomic mass is 10.0. The number of hydrogen-bond acceptors (Lipinski definition) is 9. The topological polar surface area (TPSA) is 118 Å². The van der Waals surface area contributed by atoms with Crippen LogP contribution in [0.15, 0.2) is 53.7 Å². The molecule has 4 aliphatic heterocycles. The number of aryl methyl sites for hydroxylation is 2. The van der Waals surface area contributed by atoms with E-state index in [0.717, 1.165) is 82.9 Å². The van der Waals surface area contributed by atoms with Crippen LogP contribution >= 0.6 is 0 Å². The zero-order chi connectivity index (χ0) is 32.1. The fraction of sp³-hybridized carbons (Fsp3) is 0.400. The third-order valence-electron chi connectivity index (χ3n) is 10.1. The third-order valence-corrected chi connectivity index (χ3v) is 10.1. The predicted molar refractivity (Wildman–Crippen MR) is 179 cm³/mol. The van der Waals surface area contributed by atoms with Gasteiger partial charge in [-0.15, -0.1) is 0 Å². The largest absolute Gasteiger partial charge is 0.378 e. The molecule has 0 saturated carbocycles. The summed E-state index contributed by atoms with van der Waals surface area (Å²) in [5.41, 5.74) is 5.69. The Morgan fingerprint density at radius 1 is 0.936 bits per heavy atom. The maximum atomic E-state index is 13.8. The Morgan fingerprint density at radius 2 is 1.79 bits per heavy atom. The molecule has 0 bridgehead atoms. The van der Waals surface area contributed by atoms with Gasteiger partial charge in [0.15, 0.2) is 6.29 Å². The first-order valence-electron chi connectivity index (χ1n) is 16.5. The standard InChI is InChI=1S/C35H38N8O4/c1-39-19-23(16-30(35(39)46)38-32-6-5-25(18-37-32)40-12-14-41(15-13-40)26-21-47-22-26)27-7-9-36-33(29(27)20-44)43-11-8-31-28(34(43)45)17-24-4-2-3-10-42(24)31/h5-7,9,16-20,26H,2-4,8,10-15,21-22H2,1H3,(H,37,38). The van der Waals surface area contributed by atoms with Crippen LogP contribution in [0.4, 0.5) is 23.0 Å². The number of carbonyl (C=O) groups is 2. The molecule has 4 aromatic rings. The fourth-order valence-electron chi connectivity index (χ4n) is 7.39. The molecule has 4 aromatic heterocycles. The molecule has 12 nitrogen and oxygen atoms in total. The molecular weight excluding hydrogens is 596 g/mol. The van der Waals surface area contributed by atoms with Crippen molar-refractivity contribution < 1.29 is 14.3 Å². The normalized spacial score (nSPS) is 18.4. The Kier molecular flexibility index (Phi) is 7.61. The van der Waals surface area contributed by atoms with E-state index < -0.39 is 0 Å². The Balaban J connectivity index is 1.04. The average Bonchev–Trinajstić information content (AvgIpc) is 3.46. The summed E-state index contributed by atoms with van der Waals surface area (Å²) in [6.07, 6.45) is 9.84. The summed E-state index contributed by atoms with van der Waals surface area (Å²) in [6, 6.07) is 9.95. The molecule has 0 aromatic carbocycles.